The monoisotopic (exact) mass is 559 g/mol. The number of benzene rings is 2. The number of aromatic nitrogens is 2. The number of nitrogens with zero attached hydrogens (tertiary/aromatic N) is 3. The quantitative estimate of drug-likeness (QED) is 0.259. The Bertz CT molecular complexity index is 1570. The summed E-state index contributed by atoms with van der Waals surface area (Å²) in [6.45, 7) is 7.72. The molecule has 200 valence electrons. The fraction of sp³-hybridized carbons (Fsp3) is 0.233. The first kappa shape index (κ1) is 26.7. The molecule has 0 spiro atoms. The van der Waals surface area contributed by atoms with Gasteiger partial charge in [-0.2, -0.15) is 0 Å². The molecular formula is C30H30ClN5O2S. The van der Waals surface area contributed by atoms with Crippen molar-refractivity contribution in [1.82, 2.24) is 14.9 Å². The van der Waals surface area contributed by atoms with Crippen LogP contribution in [0.3, 0.4) is 0 Å². The van der Waals surface area contributed by atoms with Crippen LogP contribution in [0.15, 0.2) is 66.9 Å². The molecule has 2 aromatic carbocycles. The highest BCUT2D eigenvalue weighted by molar-refractivity contribution is 7.80. The number of anilines is 2. The zero-order chi connectivity index (χ0) is 27.8. The lowest BCUT2D eigenvalue weighted by Gasteiger charge is -2.29. The minimum Gasteiger partial charge on any atom is -0.495 e. The van der Waals surface area contributed by atoms with E-state index in [0.717, 1.165) is 44.6 Å². The molecule has 9 heteroatoms. The summed E-state index contributed by atoms with van der Waals surface area (Å²) in [6.07, 6.45) is 1.79. The van der Waals surface area contributed by atoms with Crippen LogP contribution in [0.25, 0.3) is 5.69 Å². The number of pyridine rings is 1. The van der Waals surface area contributed by atoms with Crippen LogP contribution in [0.2, 0.25) is 5.02 Å². The number of carbonyl (C=O) groups is 1. The molecule has 0 aliphatic carbocycles. The average Bonchev–Trinajstić information content (AvgIpc) is 3.41. The Hall–Kier alpha value is -3.88. The van der Waals surface area contributed by atoms with Gasteiger partial charge in [-0.15, -0.1) is 0 Å². The van der Waals surface area contributed by atoms with Gasteiger partial charge in [0.15, 0.2) is 5.11 Å². The van der Waals surface area contributed by atoms with Gasteiger partial charge < -0.3 is 24.8 Å². The molecule has 0 radical (unpaired) electrons. The number of aryl methyl sites for hydroxylation is 1. The van der Waals surface area contributed by atoms with Gasteiger partial charge in [-0.3, -0.25) is 9.78 Å². The smallest absolute Gasteiger partial charge is 0.221 e. The van der Waals surface area contributed by atoms with E-state index in [2.05, 4.69) is 51.1 Å². The molecule has 3 heterocycles. The standard InChI is InChI=1S/C30H30ClN5O2S/c1-17-15-22(19(3)35(17)26-11-8-9-23(31)18(26)2)29-28(24-10-6-7-14-32-24)34-30(39)36(29)21-12-13-27(38-5)25(16-21)33-20(4)37/h6-16,28-29H,1-5H3,(H,33,37)(H,34,39)/t28-,29-/m1/s1. The predicted molar refractivity (Wildman–Crippen MR) is 160 cm³/mol. The number of amides is 1. The number of carbonyl (C=O) groups excluding carboxylic acids is 1. The summed E-state index contributed by atoms with van der Waals surface area (Å²) < 4.78 is 7.73. The fourth-order valence-corrected chi connectivity index (χ4v) is 5.89. The van der Waals surface area contributed by atoms with Gasteiger partial charge >= 0.3 is 0 Å². The van der Waals surface area contributed by atoms with E-state index >= 15 is 0 Å². The van der Waals surface area contributed by atoms with Crippen LogP contribution < -0.4 is 20.3 Å². The van der Waals surface area contributed by atoms with Gasteiger partial charge in [-0.05, 0) is 92.6 Å². The summed E-state index contributed by atoms with van der Waals surface area (Å²) in [4.78, 5) is 18.7. The Morgan fingerprint density at radius 2 is 1.90 bits per heavy atom. The topological polar surface area (TPSA) is 71.4 Å². The highest BCUT2D eigenvalue weighted by Crippen LogP contribution is 2.45. The molecular weight excluding hydrogens is 530 g/mol. The van der Waals surface area contributed by atoms with E-state index in [1.54, 1.807) is 13.3 Å². The predicted octanol–water partition coefficient (Wildman–Crippen LogP) is 6.60. The van der Waals surface area contributed by atoms with Crippen LogP contribution in [-0.2, 0) is 4.79 Å². The Morgan fingerprint density at radius 1 is 1.10 bits per heavy atom. The Kier molecular flexibility index (Phi) is 7.34. The number of ether oxygens (including phenoxy) is 1. The number of methoxy groups -OCH3 is 1. The zero-order valence-corrected chi connectivity index (χ0v) is 24.0. The minimum atomic E-state index is -0.217. The molecule has 1 saturated heterocycles. The van der Waals surface area contributed by atoms with Crippen molar-refractivity contribution >= 4 is 46.2 Å². The van der Waals surface area contributed by atoms with E-state index in [4.69, 9.17) is 28.6 Å². The third kappa shape index (κ3) is 4.86. The van der Waals surface area contributed by atoms with E-state index in [1.807, 2.05) is 55.5 Å². The first-order valence-electron chi connectivity index (χ1n) is 12.6. The van der Waals surface area contributed by atoms with E-state index < -0.39 is 0 Å². The summed E-state index contributed by atoms with van der Waals surface area (Å²) in [5.74, 6) is 0.385. The normalized spacial score (nSPS) is 16.8. The minimum absolute atomic E-state index is 0.184. The molecule has 0 unspecified atom stereocenters. The van der Waals surface area contributed by atoms with Gasteiger partial charge in [0.1, 0.15) is 5.75 Å². The van der Waals surface area contributed by atoms with E-state index in [1.165, 1.54) is 6.92 Å². The number of thiocarbonyl (C=S) groups is 1. The molecule has 4 aromatic rings. The van der Waals surface area contributed by atoms with Crippen LogP contribution in [0, 0.1) is 20.8 Å². The Morgan fingerprint density at radius 3 is 2.59 bits per heavy atom. The highest BCUT2D eigenvalue weighted by atomic mass is 35.5. The molecule has 1 aliphatic heterocycles. The van der Waals surface area contributed by atoms with Crippen LogP contribution in [0.4, 0.5) is 11.4 Å². The molecule has 39 heavy (non-hydrogen) atoms. The van der Waals surface area contributed by atoms with Crippen molar-refractivity contribution in [3.8, 4) is 11.4 Å². The molecule has 7 nitrogen and oxygen atoms in total. The van der Waals surface area contributed by atoms with Crippen molar-refractivity contribution in [3.05, 3.63) is 100 Å². The molecule has 2 N–H and O–H groups in total. The summed E-state index contributed by atoms with van der Waals surface area (Å²) in [5, 5.41) is 7.69. The van der Waals surface area contributed by atoms with Crippen molar-refractivity contribution in [2.24, 2.45) is 0 Å². The van der Waals surface area contributed by atoms with E-state index in [-0.39, 0.29) is 18.0 Å². The maximum Gasteiger partial charge on any atom is 0.221 e. The number of rotatable bonds is 6. The van der Waals surface area contributed by atoms with Gasteiger partial charge in [0.05, 0.1) is 30.6 Å². The molecule has 2 aromatic heterocycles. The van der Waals surface area contributed by atoms with Gasteiger partial charge in [0.25, 0.3) is 0 Å². The van der Waals surface area contributed by atoms with Crippen LogP contribution in [0.5, 0.6) is 5.75 Å². The highest BCUT2D eigenvalue weighted by Gasteiger charge is 2.42. The molecule has 2 atom stereocenters. The largest absolute Gasteiger partial charge is 0.495 e. The average molecular weight is 560 g/mol. The van der Waals surface area contributed by atoms with Crippen LogP contribution in [-0.4, -0.2) is 27.7 Å². The van der Waals surface area contributed by atoms with E-state index in [9.17, 15) is 4.79 Å². The molecule has 1 fully saturated rings. The molecule has 1 amide bonds. The van der Waals surface area contributed by atoms with Crippen LogP contribution in [0.1, 0.15) is 47.2 Å². The lowest BCUT2D eigenvalue weighted by Crippen LogP contribution is -2.29. The SMILES string of the molecule is COc1ccc(N2C(=S)N[C@H](c3ccccn3)[C@H]2c2cc(C)n(-c3cccc(Cl)c3C)c2C)cc1NC(C)=O. The number of nitrogens with one attached hydrogen (secondary N) is 2. The van der Waals surface area contributed by atoms with Crippen molar-refractivity contribution in [1.29, 1.82) is 0 Å². The Labute approximate surface area is 238 Å². The van der Waals surface area contributed by atoms with Crippen molar-refractivity contribution in [2.75, 3.05) is 17.3 Å². The Balaban J connectivity index is 1.70. The van der Waals surface area contributed by atoms with E-state index in [0.29, 0.717) is 16.5 Å². The van der Waals surface area contributed by atoms with Gasteiger partial charge in [-0.1, -0.05) is 23.7 Å². The second-order valence-corrected chi connectivity index (χ2v) is 10.4. The summed E-state index contributed by atoms with van der Waals surface area (Å²) >= 11 is 12.4. The third-order valence-corrected chi connectivity index (χ3v) is 7.86. The number of hydrogen-bond donors (Lipinski definition) is 2. The van der Waals surface area contributed by atoms with Crippen molar-refractivity contribution in [3.63, 3.8) is 0 Å². The fourth-order valence-electron chi connectivity index (χ4n) is 5.38. The van der Waals surface area contributed by atoms with Gasteiger partial charge in [0.2, 0.25) is 5.91 Å². The maximum atomic E-state index is 11.9. The molecule has 5 rings (SSSR count). The first-order chi connectivity index (χ1) is 18.7. The molecule has 0 saturated carbocycles. The van der Waals surface area contributed by atoms with Gasteiger partial charge in [-0.25, -0.2) is 0 Å². The summed E-state index contributed by atoms with van der Waals surface area (Å²) in [6, 6.07) is 19.3. The number of halogens is 1. The van der Waals surface area contributed by atoms with Crippen molar-refractivity contribution in [2.45, 2.75) is 39.8 Å². The molecule has 1 aliphatic rings. The van der Waals surface area contributed by atoms with Crippen LogP contribution >= 0.6 is 23.8 Å². The van der Waals surface area contributed by atoms with Crippen molar-refractivity contribution < 1.29 is 9.53 Å². The number of hydrogen-bond acceptors (Lipinski definition) is 4. The molecule has 0 bridgehead atoms. The summed E-state index contributed by atoms with van der Waals surface area (Å²) in [7, 11) is 1.58. The second kappa shape index (κ2) is 10.7. The second-order valence-electron chi connectivity index (χ2n) is 9.61. The van der Waals surface area contributed by atoms with Gasteiger partial charge in [0, 0.05) is 40.9 Å². The lowest BCUT2D eigenvalue weighted by molar-refractivity contribution is -0.114. The lowest BCUT2D eigenvalue weighted by atomic mass is 9.96. The first-order valence-corrected chi connectivity index (χ1v) is 13.4. The third-order valence-electron chi connectivity index (χ3n) is 7.14. The summed E-state index contributed by atoms with van der Waals surface area (Å²) in [5.41, 5.74) is 7.60. The zero-order valence-electron chi connectivity index (χ0n) is 22.4. The maximum absolute atomic E-state index is 11.9.